The number of fused-ring (bicyclic) bond motifs is 2. The summed E-state index contributed by atoms with van der Waals surface area (Å²) in [7, 11) is 0. The molecule has 316 valence electrons. The molecule has 61 heavy (non-hydrogen) atoms. The number of anilines is 1. The van der Waals surface area contributed by atoms with Gasteiger partial charge >= 0.3 is 6.03 Å². The Labute approximate surface area is 349 Å². The first-order valence-corrected chi connectivity index (χ1v) is 20.8. The minimum absolute atomic E-state index is 0.0251. The second-order valence-electron chi connectivity index (χ2n) is 17.3. The Bertz CT molecular complexity index is 2600. The maximum absolute atomic E-state index is 15.1. The molecule has 3 N–H and O–H groups in total. The zero-order valence-electron chi connectivity index (χ0n) is 33.9. The van der Waals surface area contributed by atoms with E-state index in [4.69, 9.17) is 5.10 Å². The van der Waals surface area contributed by atoms with Crippen LogP contribution in [0, 0.1) is 23.0 Å². The van der Waals surface area contributed by atoms with E-state index < -0.39 is 40.9 Å². The first kappa shape index (κ1) is 40.2. The largest absolute Gasteiger partial charge is 0.386 e. The average molecular weight is 833 g/mol. The maximum Gasteiger partial charge on any atom is 0.320 e. The first-order valence-electron chi connectivity index (χ1n) is 20.8. The third-order valence-electron chi connectivity index (χ3n) is 12.9. The molecule has 4 fully saturated rings. The third-order valence-corrected chi connectivity index (χ3v) is 12.9. The molecule has 3 saturated heterocycles. The van der Waals surface area contributed by atoms with Crippen LogP contribution in [-0.4, -0.2) is 108 Å². The van der Waals surface area contributed by atoms with E-state index in [1.165, 1.54) is 22.8 Å². The number of amides is 5. The predicted molar refractivity (Wildman–Crippen MR) is 218 cm³/mol. The normalized spacial score (nSPS) is 21.7. The summed E-state index contributed by atoms with van der Waals surface area (Å²) >= 11 is 0. The number of halogens is 2. The number of aliphatic hydroxyl groups is 1. The predicted octanol–water partition coefficient (Wildman–Crippen LogP) is 5.15. The Kier molecular flexibility index (Phi) is 10.3. The van der Waals surface area contributed by atoms with Gasteiger partial charge in [-0.2, -0.15) is 15.5 Å². The van der Waals surface area contributed by atoms with Crippen molar-refractivity contribution in [3.63, 3.8) is 0 Å². The Balaban J connectivity index is 0.778. The van der Waals surface area contributed by atoms with Crippen LogP contribution in [0.1, 0.15) is 103 Å². The summed E-state index contributed by atoms with van der Waals surface area (Å²) < 4.78 is 33.7. The number of carbonyl (C=O) groups excluding carboxylic acids is 4. The summed E-state index contributed by atoms with van der Waals surface area (Å²) in [5.74, 6) is -4.44. The molecule has 1 saturated carbocycles. The van der Waals surface area contributed by atoms with Crippen LogP contribution in [0.4, 0.5) is 19.3 Å². The van der Waals surface area contributed by atoms with Crippen LogP contribution in [0.5, 0.6) is 0 Å². The number of hydrogen-bond donors (Lipinski definition) is 3. The Morgan fingerprint density at radius 2 is 1.64 bits per heavy atom. The summed E-state index contributed by atoms with van der Waals surface area (Å²) in [6.07, 6.45) is 7.28. The van der Waals surface area contributed by atoms with Crippen LogP contribution in [0.3, 0.4) is 0 Å². The van der Waals surface area contributed by atoms with Crippen LogP contribution >= 0.6 is 0 Å². The highest BCUT2D eigenvalue weighted by molar-refractivity contribution is 6.05. The average Bonchev–Trinajstić information content (AvgIpc) is 3.84. The molecule has 15 nitrogen and oxygen atoms in total. The molecule has 5 amide bonds. The molecule has 0 spiro atoms. The summed E-state index contributed by atoms with van der Waals surface area (Å²) in [5.41, 5.74) is 1.86. The van der Waals surface area contributed by atoms with Crippen LogP contribution in [-0.2, 0) is 15.2 Å². The molecule has 0 bridgehead atoms. The minimum Gasteiger partial charge on any atom is -0.386 e. The van der Waals surface area contributed by atoms with E-state index in [1.54, 1.807) is 36.9 Å². The number of nitrogens with one attached hydrogen (secondary N) is 2. The standard InChI is InChI=1S/C44H46F2N10O5/c1-44(2,61)33-19-36-27(18-37(33)49-42(59)38-9-7-31-15-25(20-47)21-48-56(31)38)24-55(51-36)30-5-3-29(4-6-30)52-11-13-53(14-12-52)43(60)54-22-28(23-54)26-16-34(45)40(35(46)17-26)32-8-10-39(57)50-41(32)58/h7,9,15-19,21,24,28-30,32,61H,3-6,8,10-14,22-23H2,1-2H3,(H,49,59)(H,50,57,58)/t29?,30?,32-/m1/s1. The molecule has 9 rings (SSSR count). The summed E-state index contributed by atoms with van der Waals surface area (Å²) in [6, 6.07) is 13.7. The fourth-order valence-electron chi connectivity index (χ4n) is 9.46. The van der Waals surface area contributed by atoms with E-state index in [1.807, 2.05) is 27.9 Å². The van der Waals surface area contributed by atoms with Gasteiger partial charge in [0.05, 0.1) is 40.4 Å². The van der Waals surface area contributed by atoms with E-state index in [-0.39, 0.29) is 36.4 Å². The molecule has 4 aliphatic rings. The topological polar surface area (TPSA) is 181 Å². The van der Waals surface area contributed by atoms with Gasteiger partial charge in [0.25, 0.3) is 5.91 Å². The second kappa shape index (κ2) is 15.7. The molecule has 1 atom stereocenters. The van der Waals surface area contributed by atoms with Crippen molar-refractivity contribution in [2.24, 2.45) is 0 Å². The van der Waals surface area contributed by atoms with Gasteiger partial charge in [0, 0.05) is 86.0 Å². The van der Waals surface area contributed by atoms with Crippen LogP contribution in [0.25, 0.3) is 16.4 Å². The fourth-order valence-corrected chi connectivity index (χ4v) is 9.46. The number of benzene rings is 2. The molecule has 3 aromatic heterocycles. The molecule has 5 aromatic rings. The summed E-state index contributed by atoms with van der Waals surface area (Å²) in [4.78, 5) is 56.7. The molecular formula is C44H46F2N10O5. The van der Waals surface area contributed by atoms with Crippen LogP contribution in [0.15, 0.2) is 54.9 Å². The van der Waals surface area contributed by atoms with Gasteiger partial charge in [-0.3, -0.25) is 29.3 Å². The van der Waals surface area contributed by atoms with E-state index in [0.29, 0.717) is 71.3 Å². The van der Waals surface area contributed by atoms with Crippen molar-refractivity contribution in [1.82, 2.24) is 39.4 Å². The molecule has 0 radical (unpaired) electrons. The highest BCUT2D eigenvalue weighted by Crippen LogP contribution is 2.37. The molecule has 1 aliphatic carbocycles. The van der Waals surface area contributed by atoms with E-state index >= 15 is 8.78 Å². The van der Waals surface area contributed by atoms with Crippen molar-refractivity contribution in [2.45, 2.75) is 81.9 Å². The number of carbonyl (C=O) groups is 4. The summed E-state index contributed by atoms with van der Waals surface area (Å²) in [5, 5.41) is 35.5. The van der Waals surface area contributed by atoms with E-state index in [2.05, 4.69) is 26.7 Å². The minimum atomic E-state index is -1.27. The lowest BCUT2D eigenvalue weighted by atomic mass is 9.86. The number of hydrogen-bond acceptors (Lipinski definition) is 9. The number of piperidine rings is 1. The Morgan fingerprint density at radius 3 is 2.31 bits per heavy atom. The Morgan fingerprint density at radius 1 is 0.934 bits per heavy atom. The van der Waals surface area contributed by atoms with Gasteiger partial charge in [0.15, 0.2) is 0 Å². The highest BCUT2D eigenvalue weighted by atomic mass is 19.1. The zero-order valence-corrected chi connectivity index (χ0v) is 33.9. The SMILES string of the molecule is CC(C)(O)c1cc2nn(C3CCC(N4CCN(C(=O)N5CC(c6cc(F)c([C@H]7CCC(=O)NC7=O)c(F)c6)C5)CC4)CC3)cc2cc1NC(=O)c1ccc2cc(C#N)cnn12. The molecule has 17 heteroatoms. The highest BCUT2D eigenvalue weighted by Gasteiger charge is 2.39. The van der Waals surface area contributed by atoms with Gasteiger partial charge in [-0.15, -0.1) is 0 Å². The number of nitrogens with zero attached hydrogens (tertiary/aromatic N) is 8. The number of likely N-dealkylation sites (tertiary alicyclic amines) is 1. The molecule has 3 aliphatic heterocycles. The number of aromatic nitrogens is 4. The fraction of sp³-hybridized carbons (Fsp3) is 0.432. The second-order valence-corrected chi connectivity index (χ2v) is 17.3. The van der Waals surface area contributed by atoms with Gasteiger partial charge in [-0.25, -0.2) is 18.1 Å². The molecule has 0 unspecified atom stereocenters. The molecule has 2 aromatic carbocycles. The number of rotatable bonds is 7. The van der Waals surface area contributed by atoms with Crippen molar-refractivity contribution in [1.29, 1.82) is 5.26 Å². The summed E-state index contributed by atoms with van der Waals surface area (Å²) in [6.45, 7) is 6.74. The van der Waals surface area contributed by atoms with E-state index in [9.17, 15) is 29.5 Å². The maximum atomic E-state index is 15.1. The lowest BCUT2D eigenvalue weighted by molar-refractivity contribution is -0.134. The number of imide groups is 1. The van der Waals surface area contributed by atoms with Gasteiger partial charge in [0.2, 0.25) is 11.8 Å². The van der Waals surface area contributed by atoms with Crippen LogP contribution in [0.2, 0.25) is 0 Å². The van der Waals surface area contributed by atoms with Crippen molar-refractivity contribution in [2.75, 3.05) is 44.6 Å². The van der Waals surface area contributed by atoms with E-state index in [0.717, 1.165) is 44.2 Å². The van der Waals surface area contributed by atoms with Crippen molar-refractivity contribution in [3.8, 4) is 6.07 Å². The van der Waals surface area contributed by atoms with Crippen molar-refractivity contribution in [3.05, 3.63) is 94.4 Å². The van der Waals surface area contributed by atoms with Crippen molar-refractivity contribution < 1.29 is 33.1 Å². The van der Waals surface area contributed by atoms with Gasteiger partial charge in [0.1, 0.15) is 23.4 Å². The lowest BCUT2D eigenvalue weighted by Gasteiger charge is -2.46. The third kappa shape index (κ3) is 7.70. The van der Waals surface area contributed by atoms with Crippen molar-refractivity contribution >= 4 is 45.9 Å². The van der Waals surface area contributed by atoms with Gasteiger partial charge < -0.3 is 20.2 Å². The van der Waals surface area contributed by atoms with Crippen LogP contribution < -0.4 is 10.6 Å². The lowest BCUT2D eigenvalue weighted by Crippen LogP contribution is -2.59. The molecule has 6 heterocycles. The quantitative estimate of drug-likeness (QED) is 0.187. The monoisotopic (exact) mass is 832 g/mol. The first-order chi connectivity index (χ1) is 29.2. The Hall–Kier alpha value is -6.25. The van der Waals surface area contributed by atoms with Gasteiger partial charge in [-0.1, -0.05) is 0 Å². The smallest absolute Gasteiger partial charge is 0.320 e. The number of nitriles is 1. The zero-order chi connectivity index (χ0) is 42.7. The number of piperazine rings is 1. The van der Waals surface area contributed by atoms with Gasteiger partial charge in [-0.05, 0) is 94.0 Å². The number of urea groups is 1. The molecular weight excluding hydrogens is 787 g/mol.